The van der Waals surface area contributed by atoms with E-state index in [1.165, 1.54) is 35.5 Å². The van der Waals surface area contributed by atoms with Gasteiger partial charge in [-0.3, -0.25) is 20.0 Å². The normalized spacial score (nSPS) is 10.6. The van der Waals surface area contributed by atoms with E-state index >= 15 is 0 Å². The number of hydrogen-bond acceptors (Lipinski definition) is 8. The number of carbonyl (C=O) groups is 1. The zero-order valence-electron chi connectivity index (χ0n) is 16.2. The molecule has 156 valence electrons. The summed E-state index contributed by atoms with van der Waals surface area (Å²) in [7, 11) is 1.58. The molecule has 2 aromatic carbocycles. The summed E-state index contributed by atoms with van der Waals surface area (Å²) in [6.07, 6.45) is 2.61. The number of H-pyrrole nitrogens is 1. The summed E-state index contributed by atoms with van der Waals surface area (Å²) in [4.78, 5) is 31.5. The van der Waals surface area contributed by atoms with E-state index in [2.05, 4.69) is 30.6 Å². The fraction of sp³-hybridized carbons (Fsp3) is 0.105. The van der Waals surface area contributed by atoms with E-state index in [1.807, 2.05) is 12.1 Å². The highest BCUT2D eigenvalue weighted by Gasteiger charge is 2.19. The highest BCUT2D eigenvalue weighted by atomic mass is 16.6. The molecule has 0 aliphatic carbocycles. The molecule has 2 N–H and O–H groups in total. The first-order chi connectivity index (χ1) is 15.0. The molecule has 0 spiro atoms. The van der Waals surface area contributed by atoms with Gasteiger partial charge in [0, 0.05) is 17.2 Å². The lowest BCUT2D eigenvalue weighted by atomic mass is 10.1. The number of benzene rings is 2. The van der Waals surface area contributed by atoms with Gasteiger partial charge in [0.15, 0.2) is 5.82 Å². The second kappa shape index (κ2) is 8.41. The minimum absolute atomic E-state index is 0.0701. The van der Waals surface area contributed by atoms with E-state index in [0.29, 0.717) is 11.6 Å². The first-order valence-corrected chi connectivity index (χ1v) is 9.02. The standard InChI is InChI=1S/C19H16N8O4/c1-31-14-5-2-12(3-6-14)18-23-17(24-25-18)9-21-19(28)13-4-7-15(16(8-13)27(29)30)26-11-20-10-22-26/h2-8,10-11H,9H2,1H3,(H,21,28)(H,23,24,25). The largest absolute Gasteiger partial charge is 0.497 e. The zero-order chi connectivity index (χ0) is 21.8. The average molecular weight is 420 g/mol. The number of nitro groups is 1. The van der Waals surface area contributed by atoms with Crippen molar-refractivity contribution < 1.29 is 14.5 Å². The van der Waals surface area contributed by atoms with Crippen LogP contribution in [0.25, 0.3) is 17.1 Å². The Balaban J connectivity index is 1.46. The van der Waals surface area contributed by atoms with E-state index in [0.717, 1.165) is 11.3 Å². The molecule has 0 unspecified atom stereocenters. The molecule has 31 heavy (non-hydrogen) atoms. The number of nitro benzene ring substituents is 1. The summed E-state index contributed by atoms with van der Waals surface area (Å²) in [5.41, 5.74) is 0.859. The van der Waals surface area contributed by atoms with Gasteiger partial charge in [-0.25, -0.2) is 14.6 Å². The number of aromatic amines is 1. The summed E-state index contributed by atoms with van der Waals surface area (Å²) in [6, 6.07) is 11.3. The molecule has 0 aliphatic heterocycles. The number of nitrogens with zero attached hydrogens (tertiary/aromatic N) is 6. The molecule has 0 saturated carbocycles. The van der Waals surface area contributed by atoms with Crippen molar-refractivity contribution in [1.82, 2.24) is 35.3 Å². The Kier molecular flexibility index (Phi) is 5.34. The third-order valence-corrected chi connectivity index (χ3v) is 4.40. The van der Waals surface area contributed by atoms with Crippen LogP contribution in [-0.2, 0) is 6.54 Å². The Hall–Kier alpha value is -4.61. The highest BCUT2D eigenvalue weighted by molar-refractivity contribution is 5.95. The van der Waals surface area contributed by atoms with E-state index < -0.39 is 10.8 Å². The fourth-order valence-corrected chi connectivity index (χ4v) is 2.85. The minimum Gasteiger partial charge on any atom is -0.497 e. The van der Waals surface area contributed by atoms with Crippen LogP contribution < -0.4 is 10.1 Å². The second-order valence-corrected chi connectivity index (χ2v) is 6.32. The van der Waals surface area contributed by atoms with E-state index in [4.69, 9.17) is 4.74 Å². The smallest absolute Gasteiger partial charge is 0.295 e. The van der Waals surface area contributed by atoms with E-state index in [1.54, 1.807) is 19.2 Å². The van der Waals surface area contributed by atoms with Crippen LogP contribution in [0, 0.1) is 10.1 Å². The predicted octanol–water partition coefficient (Wildman–Crippen LogP) is 1.90. The van der Waals surface area contributed by atoms with E-state index in [9.17, 15) is 14.9 Å². The summed E-state index contributed by atoms with van der Waals surface area (Å²) >= 11 is 0. The topological polar surface area (TPSA) is 154 Å². The lowest BCUT2D eigenvalue weighted by molar-refractivity contribution is -0.384. The second-order valence-electron chi connectivity index (χ2n) is 6.32. The number of nitrogens with one attached hydrogen (secondary N) is 2. The van der Waals surface area contributed by atoms with Crippen molar-refractivity contribution in [1.29, 1.82) is 0 Å². The molecule has 0 radical (unpaired) electrons. The van der Waals surface area contributed by atoms with Gasteiger partial charge in [0.2, 0.25) is 0 Å². The predicted molar refractivity (Wildman–Crippen MR) is 108 cm³/mol. The van der Waals surface area contributed by atoms with Gasteiger partial charge in [0.05, 0.1) is 18.6 Å². The maximum atomic E-state index is 12.5. The van der Waals surface area contributed by atoms with Crippen molar-refractivity contribution in [2.45, 2.75) is 6.54 Å². The molecule has 0 aliphatic rings. The molecular weight excluding hydrogens is 404 g/mol. The molecule has 4 rings (SSSR count). The number of ether oxygens (including phenoxy) is 1. The van der Waals surface area contributed by atoms with Crippen molar-refractivity contribution in [2.24, 2.45) is 0 Å². The molecule has 12 nitrogen and oxygen atoms in total. The molecule has 0 bridgehead atoms. The first-order valence-electron chi connectivity index (χ1n) is 9.02. The van der Waals surface area contributed by atoms with Gasteiger partial charge in [-0.2, -0.15) is 10.2 Å². The summed E-state index contributed by atoms with van der Waals surface area (Å²) in [5, 5.41) is 24.9. The molecule has 0 fully saturated rings. The SMILES string of the molecule is COc1ccc(-c2n[nH]c(CNC(=O)c3ccc(-n4cncn4)c([N+](=O)[O-])c3)n2)cc1. The first kappa shape index (κ1) is 19.7. The maximum absolute atomic E-state index is 12.5. The summed E-state index contributed by atoms with van der Waals surface area (Å²) in [5.74, 6) is 1.14. The molecular formula is C19H16N8O4. The number of rotatable bonds is 7. The number of amides is 1. The van der Waals surface area contributed by atoms with Crippen LogP contribution in [0.2, 0.25) is 0 Å². The zero-order valence-corrected chi connectivity index (χ0v) is 16.2. The van der Waals surface area contributed by atoms with Crippen molar-refractivity contribution in [2.75, 3.05) is 7.11 Å². The van der Waals surface area contributed by atoms with Crippen LogP contribution in [-0.4, -0.2) is 47.9 Å². The number of methoxy groups -OCH3 is 1. The van der Waals surface area contributed by atoms with Crippen LogP contribution in [0.4, 0.5) is 5.69 Å². The summed E-state index contributed by atoms with van der Waals surface area (Å²) < 4.78 is 6.38. The van der Waals surface area contributed by atoms with Crippen LogP contribution >= 0.6 is 0 Å². The lowest BCUT2D eigenvalue weighted by Gasteiger charge is -2.06. The van der Waals surface area contributed by atoms with E-state index in [-0.39, 0.29) is 23.5 Å². The van der Waals surface area contributed by atoms with Crippen molar-refractivity contribution in [3.8, 4) is 22.8 Å². The average Bonchev–Trinajstić information content (AvgIpc) is 3.49. The van der Waals surface area contributed by atoms with Crippen LogP contribution in [0.1, 0.15) is 16.2 Å². The Morgan fingerprint density at radius 3 is 2.74 bits per heavy atom. The molecule has 2 heterocycles. The lowest BCUT2D eigenvalue weighted by Crippen LogP contribution is -2.23. The van der Waals surface area contributed by atoms with Crippen molar-refractivity contribution in [3.05, 3.63) is 76.6 Å². The Labute approximate surface area is 175 Å². The van der Waals surface area contributed by atoms with Crippen molar-refractivity contribution in [3.63, 3.8) is 0 Å². The number of hydrogen-bond donors (Lipinski definition) is 2. The molecule has 0 saturated heterocycles. The van der Waals surface area contributed by atoms with Crippen LogP contribution in [0.5, 0.6) is 5.75 Å². The van der Waals surface area contributed by atoms with Crippen molar-refractivity contribution >= 4 is 11.6 Å². The molecule has 0 atom stereocenters. The van der Waals surface area contributed by atoms with Gasteiger partial charge in [0.25, 0.3) is 11.6 Å². The van der Waals surface area contributed by atoms with Gasteiger partial charge < -0.3 is 10.1 Å². The van der Waals surface area contributed by atoms with Gasteiger partial charge in [-0.1, -0.05) is 0 Å². The molecule has 4 aromatic rings. The third-order valence-electron chi connectivity index (χ3n) is 4.40. The van der Waals surface area contributed by atoms with Crippen LogP contribution in [0.15, 0.2) is 55.1 Å². The summed E-state index contributed by atoms with van der Waals surface area (Å²) in [6.45, 7) is 0.0701. The Morgan fingerprint density at radius 2 is 2.06 bits per heavy atom. The molecule has 2 aromatic heterocycles. The molecule has 1 amide bonds. The number of aromatic nitrogens is 6. The Bertz CT molecular complexity index is 1220. The monoisotopic (exact) mass is 420 g/mol. The minimum atomic E-state index is -0.578. The molecule has 12 heteroatoms. The quantitative estimate of drug-likeness (QED) is 0.339. The van der Waals surface area contributed by atoms with Gasteiger partial charge in [-0.15, -0.1) is 0 Å². The van der Waals surface area contributed by atoms with Gasteiger partial charge in [-0.05, 0) is 36.4 Å². The third kappa shape index (κ3) is 4.22. The number of carbonyl (C=O) groups excluding carboxylic acids is 1. The van der Waals surface area contributed by atoms with Gasteiger partial charge in [0.1, 0.15) is 29.9 Å². The maximum Gasteiger partial charge on any atom is 0.295 e. The van der Waals surface area contributed by atoms with Gasteiger partial charge >= 0.3 is 0 Å². The highest BCUT2D eigenvalue weighted by Crippen LogP contribution is 2.23. The van der Waals surface area contributed by atoms with Crippen LogP contribution in [0.3, 0.4) is 0 Å². The Morgan fingerprint density at radius 1 is 1.26 bits per heavy atom. The fourth-order valence-electron chi connectivity index (χ4n) is 2.85.